The summed E-state index contributed by atoms with van der Waals surface area (Å²) in [7, 11) is 0. The van der Waals surface area contributed by atoms with Crippen molar-refractivity contribution in [3.63, 3.8) is 0 Å². The van der Waals surface area contributed by atoms with E-state index in [4.69, 9.17) is 5.11 Å². The minimum atomic E-state index is -0.955. The lowest BCUT2D eigenvalue weighted by Crippen LogP contribution is -2.01. The van der Waals surface area contributed by atoms with Gasteiger partial charge in [-0.1, -0.05) is 15.9 Å². The van der Waals surface area contributed by atoms with Gasteiger partial charge >= 0.3 is 0 Å². The molecule has 0 unspecified atom stereocenters. The number of hydrogen-bond donors (Lipinski definition) is 2. The first kappa shape index (κ1) is 13.8. The van der Waals surface area contributed by atoms with Crippen LogP contribution < -0.4 is 5.32 Å². The first-order valence-corrected chi connectivity index (χ1v) is 6.43. The molecular formula is C14H12BrF2NO. The van der Waals surface area contributed by atoms with Gasteiger partial charge in [0.1, 0.15) is 0 Å². The molecule has 5 heteroatoms. The maximum Gasteiger partial charge on any atom is 0.187 e. The minimum Gasteiger partial charge on any atom is -0.503 e. The number of hydrogen-bond acceptors (Lipinski definition) is 2. The molecule has 0 aliphatic rings. The van der Waals surface area contributed by atoms with Gasteiger partial charge in [0.05, 0.1) is 0 Å². The van der Waals surface area contributed by atoms with E-state index in [9.17, 15) is 8.78 Å². The van der Waals surface area contributed by atoms with Crippen LogP contribution in [0.2, 0.25) is 0 Å². The van der Waals surface area contributed by atoms with Crippen LogP contribution in [-0.2, 0) is 6.54 Å². The lowest BCUT2D eigenvalue weighted by molar-refractivity contribution is 0.395. The lowest BCUT2D eigenvalue weighted by atomic mass is 10.2. The molecule has 0 aromatic heterocycles. The van der Waals surface area contributed by atoms with E-state index >= 15 is 0 Å². The predicted molar refractivity (Wildman–Crippen MR) is 74.2 cm³/mol. The van der Waals surface area contributed by atoms with Gasteiger partial charge in [0.25, 0.3) is 0 Å². The Labute approximate surface area is 118 Å². The van der Waals surface area contributed by atoms with Crippen LogP contribution in [0.3, 0.4) is 0 Å². The summed E-state index contributed by atoms with van der Waals surface area (Å²) >= 11 is 3.40. The smallest absolute Gasteiger partial charge is 0.187 e. The fourth-order valence-electron chi connectivity index (χ4n) is 1.68. The third-order valence-corrected chi connectivity index (χ3v) is 3.62. The van der Waals surface area contributed by atoms with Crippen molar-refractivity contribution in [2.24, 2.45) is 0 Å². The van der Waals surface area contributed by atoms with E-state index in [0.29, 0.717) is 5.56 Å². The van der Waals surface area contributed by atoms with Crippen LogP contribution >= 0.6 is 15.9 Å². The van der Waals surface area contributed by atoms with Gasteiger partial charge in [-0.15, -0.1) is 0 Å². The van der Waals surface area contributed by atoms with Crippen LogP contribution in [0.15, 0.2) is 34.8 Å². The number of phenols is 1. The number of anilines is 1. The van der Waals surface area contributed by atoms with E-state index < -0.39 is 17.4 Å². The average Bonchev–Trinajstić information content (AvgIpc) is 2.37. The molecule has 2 aromatic rings. The van der Waals surface area contributed by atoms with E-state index in [1.807, 2.05) is 25.1 Å². The quantitative estimate of drug-likeness (QED) is 0.878. The fourth-order valence-corrected chi connectivity index (χ4v) is 1.93. The molecule has 2 N–H and O–H groups in total. The number of aromatic hydroxyl groups is 1. The van der Waals surface area contributed by atoms with Crippen molar-refractivity contribution >= 4 is 21.6 Å². The average molecular weight is 328 g/mol. The summed E-state index contributed by atoms with van der Waals surface area (Å²) in [6.45, 7) is 2.23. The summed E-state index contributed by atoms with van der Waals surface area (Å²) in [5.74, 6) is -2.85. The normalized spacial score (nSPS) is 10.5. The van der Waals surface area contributed by atoms with Crippen molar-refractivity contribution < 1.29 is 13.9 Å². The minimum absolute atomic E-state index is 0.273. The Hall–Kier alpha value is -1.62. The van der Waals surface area contributed by atoms with Gasteiger partial charge in [-0.25, -0.2) is 8.78 Å². The van der Waals surface area contributed by atoms with Crippen LogP contribution in [0.4, 0.5) is 14.5 Å². The summed E-state index contributed by atoms with van der Waals surface area (Å²) in [6.07, 6.45) is 0. The van der Waals surface area contributed by atoms with Crippen molar-refractivity contribution in [2.75, 3.05) is 5.32 Å². The van der Waals surface area contributed by atoms with Gasteiger partial charge in [-0.3, -0.25) is 0 Å². The van der Waals surface area contributed by atoms with Gasteiger partial charge in [0, 0.05) is 16.7 Å². The number of rotatable bonds is 3. The Kier molecular flexibility index (Phi) is 4.04. The zero-order valence-electron chi connectivity index (χ0n) is 10.2. The summed E-state index contributed by atoms with van der Waals surface area (Å²) < 4.78 is 27.3. The molecule has 2 aromatic carbocycles. The van der Waals surface area contributed by atoms with Crippen molar-refractivity contribution in [1.82, 2.24) is 0 Å². The topological polar surface area (TPSA) is 32.3 Å². The molecule has 0 saturated heterocycles. The van der Waals surface area contributed by atoms with Crippen molar-refractivity contribution in [3.8, 4) is 5.75 Å². The molecule has 0 aliphatic heterocycles. The fraction of sp³-hybridized carbons (Fsp3) is 0.143. The molecule has 19 heavy (non-hydrogen) atoms. The molecule has 0 spiro atoms. The summed E-state index contributed by atoms with van der Waals surface area (Å²) in [5, 5.41) is 12.1. The molecule has 0 atom stereocenters. The number of phenolic OH excluding ortho intramolecular Hbond substituents is 1. The number of aryl methyl sites for hydroxylation is 1. The monoisotopic (exact) mass is 327 g/mol. The first-order valence-electron chi connectivity index (χ1n) is 5.64. The third kappa shape index (κ3) is 3.23. The highest BCUT2D eigenvalue weighted by Gasteiger charge is 2.09. The Balaban J connectivity index is 2.12. The molecule has 2 rings (SSSR count). The van der Waals surface area contributed by atoms with Crippen LogP contribution in [0.25, 0.3) is 0 Å². The predicted octanol–water partition coefficient (Wildman–Crippen LogP) is 4.35. The van der Waals surface area contributed by atoms with Crippen molar-refractivity contribution in [2.45, 2.75) is 13.5 Å². The Morgan fingerprint density at radius 2 is 1.79 bits per heavy atom. The molecule has 0 fully saturated rings. The maximum atomic E-state index is 13.2. The molecule has 100 valence electrons. The zero-order valence-corrected chi connectivity index (χ0v) is 11.8. The molecule has 0 radical (unpaired) electrons. The summed E-state index contributed by atoms with van der Waals surface area (Å²) in [6, 6.07) is 7.91. The number of halogens is 3. The highest BCUT2D eigenvalue weighted by atomic mass is 79.9. The van der Waals surface area contributed by atoms with E-state index in [0.717, 1.165) is 27.9 Å². The largest absolute Gasteiger partial charge is 0.503 e. The van der Waals surface area contributed by atoms with E-state index in [-0.39, 0.29) is 6.54 Å². The Morgan fingerprint density at radius 1 is 1.16 bits per heavy atom. The van der Waals surface area contributed by atoms with Gasteiger partial charge in [0.2, 0.25) is 0 Å². The lowest BCUT2D eigenvalue weighted by Gasteiger charge is -2.09. The molecular weight excluding hydrogens is 316 g/mol. The molecule has 0 amide bonds. The van der Waals surface area contributed by atoms with Crippen molar-refractivity contribution in [3.05, 3.63) is 57.6 Å². The van der Waals surface area contributed by atoms with Crippen LogP contribution in [0, 0.1) is 18.6 Å². The first-order chi connectivity index (χ1) is 8.97. The highest BCUT2D eigenvalue weighted by Crippen LogP contribution is 2.23. The number of benzene rings is 2. The van der Waals surface area contributed by atoms with Crippen LogP contribution in [-0.4, -0.2) is 5.11 Å². The molecule has 0 heterocycles. The van der Waals surface area contributed by atoms with Crippen molar-refractivity contribution in [1.29, 1.82) is 0 Å². The van der Waals surface area contributed by atoms with E-state index in [2.05, 4.69) is 21.2 Å². The van der Waals surface area contributed by atoms with Gasteiger partial charge in [0.15, 0.2) is 17.4 Å². The summed E-state index contributed by atoms with van der Waals surface area (Å²) in [4.78, 5) is 0. The van der Waals surface area contributed by atoms with Gasteiger partial charge in [-0.2, -0.15) is 0 Å². The molecule has 0 saturated carbocycles. The van der Waals surface area contributed by atoms with Gasteiger partial charge in [-0.05, 0) is 48.4 Å². The summed E-state index contributed by atoms with van der Waals surface area (Å²) in [5.41, 5.74) is 2.34. The van der Waals surface area contributed by atoms with E-state index in [1.165, 1.54) is 0 Å². The molecule has 0 aliphatic carbocycles. The standard InChI is InChI=1S/C14H12BrF2NO/c1-8-4-10(2-3-11(8)15)18-7-9-5-12(16)14(19)13(17)6-9/h2-6,18-19H,7H2,1H3. The Bertz CT molecular complexity index is 593. The Morgan fingerprint density at radius 3 is 2.37 bits per heavy atom. The molecule has 0 bridgehead atoms. The second-order valence-electron chi connectivity index (χ2n) is 4.23. The SMILES string of the molecule is Cc1cc(NCc2cc(F)c(O)c(F)c2)ccc1Br. The maximum absolute atomic E-state index is 13.2. The van der Waals surface area contributed by atoms with Crippen LogP contribution in [0.5, 0.6) is 5.75 Å². The second-order valence-corrected chi connectivity index (χ2v) is 5.08. The highest BCUT2D eigenvalue weighted by molar-refractivity contribution is 9.10. The molecule has 2 nitrogen and oxygen atoms in total. The zero-order chi connectivity index (χ0) is 14.0. The van der Waals surface area contributed by atoms with Gasteiger partial charge < -0.3 is 10.4 Å². The van der Waals surface area contributed by atoms with Crippen LogP contribution in [0.1, 0.15) is 11.1 Å². The second kappa shape index (κ2) is 5.57. The number of nitrogens with one attached hydrogen (secondary N) is 1. The van der Waals surface area contributed by atoms with E-state index in [1.54, 1.807) is 0 Å². The third-order valence-electron chi connectivity index (χ3n) is 2.73.